The van der Waals surface area contributed by atoms with Crippen molar-refractivity contribution in [1.29, 1.82) is 0 Å². The Labute approximate surface area is 183 Å². The number of hydrogen-bond donors (Lipinski definition) is 1. The van der Waals surface area contributed by atoms with E-state index in [-0.39, 0.29) is 29.6 Å². The topological polar surface area (TPSA) is 50.2 Å². The molecule has 2 aromatic carbocycles. The molecular formula is C24H23F3N4O. The fraction of sp³-hybridized carbons (Fsp3) is 0.333. The number of aromatic nitrogens is 2. The second-order valence-electron chi connectivity index (χ2n) is 8.40. The monoisotopic (exact) mass is 440 g/mol. The normalized spacial score (nSPS) is 23.0. The Morgan fingerprint density at radius 1 is 1.00 bits per heavy atom. The highest BCUT2D eigenvalue weighted by molar-refractivity contribution is 5.99. The second-order valence-corrected chi connectivity index (χ2v) is 8.40. The Balaban J connectivity index is 1.43. The molecule has 0 aliphatic carbocycles. The second kappa shape index (κ2) is 8.00. The summed E-state index contributed by atoms with van der Waals surface area (Å²) in [5.41, 5.74) is 2.10. The molecule has 1 N–H and O–H groups in total. The lowest BCUT2D eigenvalue weighted by Crippen LogP contribution is -2.37. The van der Waals surface area contributed by atoms with Crippen molar-refractivity contribution in [3.05, 3.63) is 83.6 Å². The number of fused-ring (bicyclic) bond motifs is 1. The number of anilines is 1. The zero-order valence-electron chi connectivity index (χ0n) is 17.3. The van der Waals surface area contributed by atoms with Crippen LogP contribution < -0.4 is 5.32 Å². The van der Waals surface area contributed by atoms with Crippen LogP contribution in [0.25, 0.3) is 0 Å². The Morgan fingerprint density at radius 2 is 1.66 bits per heavy atom. The highest BCUT2D eigenvalue weighted by atomic mass is 19.4. The summed E-state index contributed by atoms with van der Waals surface area (Å²) in [5.74, 6) is 0.0758. The number of hydrogen-bond acceptors (Lipinski definition) is 3. The molecule has 1 aromatic heterocycles. The maximum Gasteiger partial charge on any atom is 0.410 e. The van der Waals surface area contributed by atoms with E-state index in [2.05, 4.69) is 10.4 Å². The van der Waals surface area contributed by atoms with Gasteiger partial charge in [-0.1, -0.05) is 60.7 Å². The van der Waals surface area contributed by atoms with Gasteiger partial charge in [-0.25, -0.2) is 4.68 Å². The van der Waals surface area contributed by atoms with E-state index in [1.807, 2.05) is 36.4 Å². The molecule has 0 radical (unpaired) electrons. The van der Waals surface area contributed by atoms with Gasteiger partial charge in [-0.05, 0) is 17.5 Å². The van der Waals surface area contributed by atoms with Gasteiger partial charge in [-0.15, -0.1) is 0 Å². The number of benzene rings is 2. The largest absolute Gasteiger partial charge is 0.410 e. The van der Waals surface area contributed by atoms with E-state index >= 15 is 0 Å². The van der Waals surface area contributed by atoms with Crippen molar-refractivity contribution >= 4 is 11.7 Å². The Hall–Kier alpha value is -3.29. The van der Waals surface area contributed by atoms with Crippen LogP contribution in [-0.2, 0) is 0 Å². The summed E-state index contributed by atoms with van der Waals surface area (Å²) in [7, 11) is 0. The molecule has 3 aromatic rings. The minimum atomic E-state index is -4.47. The van der Waals surface area contributed by atoms with E-state index in [0.29, 0.717) is 13.1 Å². The van der Waals surface area contributed by atoms with Gasteiger partial charge < -0.3 is 10.2 Å². The number of amides is 1. The predicted molar refractivity (Wildman–Crippen MR) is 114 cm³/mol. The van der Waals surface area contributed by atoms with E-state index in [1.54, 1.807) is 29.2 Å². The molecule has 2 aliphatic heterocycles. The van der Waals surface area contributed by atoms with Gasteiger partial charge in [0, 0.05) is 25.4 Å². The fourth-order valence-corrected chi connectivity index (χ4v) is 4.74. The van der Waals surface area contributed by atoms with Crippen molar-refractivity contribution in [2.75, 3.05) is 18.4 Å². The van der Waals surface area contributed by atoms with E-state index < -0.39 is 18.3 Å². The standard InChI is InChI=1S/C24H23F3N4O/c25-24(26,27)21-13-20(17-9-5-2-6-10-17)29-22-19(14-28-31(21)22)23(32)30-12-11-18(15-30)16-7-3-1-4-8-16/h1-10,14,18,20-21,29H,11-13,15H2. The predicted octanol–water partition coefficient (Wildman–Crippen LogP) is 5.17. The van der Waals surface area contributed by atoms with Crippen molar-refractivity contribution in [1.82, 2.24) is 14.7 Å². The van der Waals surface area contributed by atoms with Crippen molar-refractivity contribution in [3.8, 4) is 0 Å². The maximum absolute atomic E-state index is 13.9. The number of carbonyl (C=O) groups is 1. The Morgan fingerprint density at radius 3 is 2.31 bits per heavy atom. The van der Waals surface area contributed by atoms with Crippen LogP contribution in [0.3, 0.4) is 0 Å². The molecule has 2 aliphatic rings. The first-order valence-corrected chi connectivity index (χ1v) is 10.7. The average molecular weight is 440 g/mol. The van der Waals surface area contributed by atoms with Crippen LogP contribution in [0.4, 0.5) is 19.0 Å². The first kappa shape index (κ1) is 20.6. The van der Waals surface area contributed by atoms with Crippen LogP contribution in [0.5, 0.6) is 0 Å². The van der Waals surface area contributed by atoms with Gasteiger partial charge in [0.25, 0.3) is 5.91 Å². The summed E-state index contributed by atoms with van der Waals surface area (Å²) in [5, 5.41) is 7.15. The first-order valence-electron chi connectivity index (χ1n) is 10.7. The molecule has 3 atom stereocenters. The van der Waals surface area contributed by atoms with E-state index in [9.17, 15) is 18.0 Å². The highest BCUT2D eigenvalue weighted by Gasteiger charge is 2.47. The van der Waals surface area contributed by atoms with E-state index in [4.69, 9.17) is 0 Å². The molecule has 32 heavy (non-hydrogen) atoms. The summed E-state index contributed by atoms with van der Waals surface area (Å²) < 4.78 is 42.6. The lowest BCUT2D eigenvalue weighted by atomic mass is 9.96. The molecule has 0 saturated carbocycles. The zero-order chi connectivity index (χ0) is 22.3. The lowest BCUT2D eigenvalue weighted by Gasteiger charge is -2.34. The van der Waals surface area contributed by atoms with Gasteiger partial charge in [0.05, 0.1) is 12.2 Å². The third-order valence-electron chi connectivity index (χ3n) is 6.42. The summed E-state index contributed by atoms with van der Waals surface area (Å²) in [6.45, 7) is 1.10. The number of alkyl halides is 3. The van der Waals surface area contributed by atoms with Crippen LogP contribution in [0.2, 0.25) is 0 Å². The quantitative estimate of drug-likeness (QED) is 0.611. The van der Waals surface area contributed by atoms with Crippen LogP contribution >= 0.6 is 0 Å². The van der Waals surface area contributed by atoms with Gasteiger partial charge in [-0.3, -0.25) is 4.79 Å². The van der Waals surface area contributed by atoms with Gasteiger partial charge in [0.2, 0.25) is 0 Å². The Kier molecular flexibility index (Phi) is 5.15. The third kappa shape index (κ3) is 3.74. The third-order valence-corrected chi connectivity index (χ3v) is 6.42. The van der Waals surface area contributed by atoms with Crippen molar-refractivity contribution in [2.24, 2.45) is 0 Å². The smallest absolute Gasteiger partial charge is 0.363 e. The van der Waals surface area contributed by atoms with Crippen LogP contribution in [0, 0.1) is 0 Å². The zero-order valence-corrected chi connectivity index (χ0v) is 17.3. The molecule has 3 heterocycles. The van der Waals surface area contributed by atoms with Gasteiger partial charge in [-0.2, -0.15) is 18.3 Å². The molecule has 0 spiro atoms. The number of halogens is 3. The number of nitrogens with one attached hydrogen (secondary N) is 1. The first-order chi connectivity index (χ1) is 15.4. The molecular weight excluding hydrogens is 417 g/mol. The molecule has 5 nitrogen and oxygen atoms in total. The van der Waals surface area contributed by atoms with Gasteiger partial charge >= 0.3 is 6.18 Å². The molecule has 1 fully saturated rings. The number of carbonyl (C=O) groups excluding carboxylic acids is 1. The average Bonchev–Trinajstić information content (AvgIpc) is 3.46. The number of likely N-dealkylation sites (tertiary alicyclic amines) is 1. The fourth-order valence-electron chi connectivity index (χ4n) is 4.74. The van der Waals surface area contributed by atoms with Gasteiger partial charge in [0.15, 0.2) is 6.04 Å². The van der Waals surface area contributed by atoms with Crippen molar-refractivity contribution in [3.63, 3.8) is 0 Å². The molecule has 3 unspecified atom stereocenters. The number of nitrogens with zero attached hydrogens (tertiary/aromatic N) is 3. The number of rotatable bonds is 3. The van der Waals surface area contributed by atoms with Gasteiger partial charge in [0.1, 0.15) is 11.4 Å². The Bertz CT molecular complexity index is 1100. The molecule has 0 bridgehead atoms. The summed E-state index contributed by atoms with van der Waals surface area (Å²) in [4.78, 5) is 15.0. The lowest BCUT2D eigenvalue weighted by molar-refractivity contribution is -0.173. The van der Waals surface area contributed by atoms with Crippen molar-refractivity contribution < 1.29 is 18.0 Å². The molecule has 166 valence electrons. The SMILES string of the molecule is O=C(c1cnn2c1NC(c1ccccc1)CC2C(F)(F)F)N1CCC(c2ccccc2)C1. The van der Waals surface area contributed by atoms with E-state index in [1.165, 1.54) is 11.8 Å². The highest BCUT2D eigenvalue weighted by Crippen LogP contribution is 2.44. The summed E-state index contributed by atoms with van der Waals surface area (Å²) >= 11 is 0. The maximum atomic E-state index is 13.9. The minimum absolute atomic E-state index is 0.139. The van der Waals surface area contributed by atoms with Crippen LogP contribution in [0.15, 0.2) is 66.9 Å². The molecule has 1 saturated heterocycles. The van der Waals surface area contributed by atoms with E-state index in [0.717, 1.165) is 16.7 Å². The summed E-state index contributed by atoms with van der Waals surface area (Å²) in [6.07, 6.45) is -2.56. The molecule has 8 heteroatoms. The summed E-state index contributed by atoms with van der Waals surface area (Å²) in [6, 6.07) is 16.6. The van der Waals surface area contributed by atoms with Crippen LogP contribution in [-0.4, -0.2) is 39.9 Å². The minimum Gasteiger partial charge on any atom is -0.363 e. The van der Waals surface area contributed by atoms with Crippen molar-refractivity contribution in [2.45, 2.75) is 37.0 Å². The molecule has 1 amide bonds. The molecule has 5 rings (SSSR count). The van der Waals surface area contributed by atoms with Crippen LogP contribution in [0.1, 0.15) is 52.3 Å².